The van der Waals surface area contributed by atoms with Gasteiger partial charge in [-0.1, -0.05) is 19.4 Å². The van der Waals surface area contributed by atoms with Crippen LogP contribution in [0.2, 0.25) is 0 Å². The molecule has 3 saturated heterocycles. The average molecular weight is 817 g/mol. The smallest absolute Gasteiger partial charge is 0.263 e. The lowest BCUT2D eigenvalue weighted by atomic mass is 10.0. The summed E-state index contributed by atoms with van der Waals surface area (Å²) in [6.45, 7) is 16.1. The number of amides is 2. The van der Waals surface area contributed by atoms with Gasteiger partial charge in [0.15, 0.2) is 5.78 Å². The van der Waals surface area contributed by atoms with Gasteiger partial charge < -0.3 is 20.0 Å². The minimum Gasteiger partial charge on any atom is -0.368 e. The summed E-state index contributed by atoms with van der Waals surface area (Å²) in [5, 5.41) is 3.51. The molecule has 0 spiro atoms. The first kappa shape index (κ1) is 39.9. The second kappa shape index (κ2) is 16.5. The van der Waals surface area contributed by atoms with E-state index in [1.165, 1.54) is 13.0 Å². The van der Waals surface area contributed by atoms with Gasteiger partial charge in [0.1, 0.15) is 23.3 Å². The summed E-state index contributed by atoms with van der Waals surface area (Å²) in [5.41, 5.74) is 5.48. The number of halogens is 1. The van der Waals surface area contributed by atoms with Crippen LogP contribution < -0.4 is 20.7 Å². The van der Waals surface area contributed by atoms with Crippen molar-refractivity contribution < 1.29 is 18.8 Å². The van der Waals surface area contributed by atoms with Crippen molar-refractivity contribution in [3.63, 3.8) is 0 Å². The SMILES string of the molecule is C=C1CCC(N2Cc3cc(N4CCN(CCN5CCN(c6ccc(Cc7ncc8c(C)c(C(C)=O)c(=O)n(C9CCCC9)c8n7)nc6)CC5)CC4)c(F)cc3C2=O)C(=O)N1. The van der Waals surface area contributed by atoms with Crippen molar-refractivity contribution in [2.24, 2.45) is 0 Å². The molecule has 60 heavy (non-hydrogen) atoms. The highest BCUT2D eigenvalue weighted by molar-refractivity contribution is 6.02. The van der Waals surface area contributed by atoms with E-state index in [4.69, 9.17) is 9.97 Å². The zero-order valence-electron chi connectivity index (χ0n) is 34.6. The second-order valence-corrected chi connectivity index (χ2v) is 17.1. The first-order valence-corrected chi connectivity index (χ1v) is 21.5. The maximum atomic E-state index is 15.5. The fourth-order valence-corrected chi connectivity index (χ4v) is 9.86. The fourth-order valence-electron chi connectivity index (χ4n) is 9.86. The highest BCUT2D eigenvalue weighted by atomic mass is 19.1. The first-order chi connectivity index (χ1) is 29.0. The minimum atomic E-state index is -0.567. The number of rotatable bonds is 10. The molecular formula is C45H53FN10O4. The number of carbonyl (C=O) groups is 3. The van der Waals surface area contributed by atoms with Crippen LogP contribution in [0.5, 0.6) is 0 Å². The maximum absolute atomic E-state index is 15.5. The number of Topliss-reactive ketones (excluding diaryl/α,β-unsaturated/α-hetero) is 1. The van der Waals surface area contributed by atoms with Gasteiger partial charge in [0, 0.05) is 107 Å². The van der Waals surface area contributed by atoms with E-state index in [9.17, 15) is 19.2 Å². The molecule has 4 aliphatic heterocycles. The lowest BCUT2D eigenvalue weighted by Gasteiger charge is -2.39. The normalized spacial score (nSPS) is 20.7. The largest absolute Gasteiger partial charge is 0.368 e. The van der Waals surface area contributed by atoms with Crippen LogP contribution in [0, 0.1) is 12.7 Å². The Balaban J connectivity index is 0.753. The molecule has 2 amide bonds. The van der Waals surface area contributed by atoms with E-state index in [1.807, 2.05) is 25.3 Å². The van der Waals surface area contributed by atoms with Gasteiger partial charge in [-0.3, -0.25) is 38.5 Å². The zero-order chi connectivity index (χ0) is 41.7. The predicted octanol–water partition coefficient (Wildman–Crippen LogP) is 4.23. The molecule has 1 N–H and O–H groups in total. The average Bonchev–Trinajstić information content (AvgIpc) is 3.88. The van der Waals surface area contributed by atoms with Crippen molar-refractivity contribution in [1.29, 1.82) is 0 Å². The molecular weight excluding hydrogens is 764 g/mol. The molecule has 9 rings (SSSR count). The Labute approximate surface area is 349 Å². The van der Waals surface area contributed by atoms with Gasteiger partial charge in [-0.15, -0.1) is 0 Å². The number of hydrogen-bond donors (Lipinski definition) is 1. The van der Waals surface area contributed by atoms with Crippen LogP contribution >= 0.6 is 0 Å². The van der Waals surface area contributed by atoms with E-state index < -0.39 is 11.9 Å². The molecule has 314 valence electrons. The van der Waals surface area contributed by atoms with E-state index in [-0.39, 0.29) is 34.8 Å². The van der Waals surface area contributed by atoms with E-state index in [1.54, 1.807) is 15.7 Å². The number of anilines is 2. The van der Waals surface area contributed by atoms with Crippen molar-refractivity contribution >= 4 is 40.0 Å². The molecule has 1 atom stereocenters. The molecule has 3 aromatic heterocycles. The number of allylic oxidation sites excluding steroid dienone is 1. The van der Waals surface area contributed by atoms with Crippen LogP contribution in [0.4, 0.5) is 15.8 Å². The molecule has 4 fully saturated rings. The zero-order valence-corrected chi connectivity index (χ0v) is 34.6. The highest BCUT2D eigenvalue weighted by Gasteiger charge is 2.39. The van der Waals surface area contributed by atoms with Crippen LogP contribution in [0.1, 0.15) is 94.9 Å². The fraction of sp³-hybridized carbons (Fsp3) is 0.489. The number of aromatic nitrogens is 4. The summed E-state index contributed by atoms with van der Waals surface area (Å²) in [7, 11) is 0. The summed E-state index contributed by atoms with van der Waals surface area (Å²) in [6, 6.07) is 6.78. The third-order valence-electron chi connectivity index (χ3n) is 13.3. The molecule has 14 nitrogen and oxygen atoms in total. The molecule has 15 heteroatoms. The highest BCUT2D eigenvalue weighted by Crippen LogP contribution is 2.34. The summed E-state index contributed by atoms with van der Waals surface area (Å²) in [6.07, 6.45) is 9.17. The van der Waals surface area contributed by atoms with Gasteiger partial charge in [-0.25, -0.2) is 14.4 Å². The molecule has 1 saturated carbocycles. The van der Waals surface area contributed by atoms with Crippen molar-refractivity contribution in [2.75, 3.05) is 75.2 Å². The Bertz CT molecular complexity index is 2410. The topological polar surface area (TPSA) is 140 Å². The number of ketones is 1. The Kier molecular flexibility index (Phi) is 11.0. The van der Waals surface area contributed by atoms with Gasteiger partial charge in [-0.05, 0) is 74.9 Å². The number of fused-ring (bicyclic) bond motifs is 2. The first-order valence-electron chi connectivity index (χ1n) is 21.5. The van der Waals surface area contributed by atoms with Crippen LogP contribution in [0.15, 0.2) is 53.7 Å². The Hall–Kier alpha value is -5.54. The second-order valence-electron chi connectivity index (χ2n) is 17.1. The summed E-state index contributed by atoms with van der Waals surface area (Å²) in [5.74, 6) is -0.541. The van der Waals surface area contributed by atoms with Crippen molar-refractivity contribution in [3.05, 3.63) is 98.9 Å². The third kappa shape index (κ3) is 7.68. The Morgan fingerprint density at radius 1 is 0.900 bits per heavy atom. The Morgan fingerprint density at radius 3 is 2.25 bits per heavy atom. The lowest BCUT2D eigenvalue weighted by molar-refractivity contribution is -0.126. The van der Waals surface area contributed by atoms with Crippen LogP contribution in [0.25, 0.3) is 11.0 Å². The maximum Gasteiger partial charge on any atom is 0.263 e. The number of nitrogens with one attached hydrogen (secondary N) is 1. The number of piperazine rings is 2. The predicted molar refractivity (Wildman–Crippen MR) is 227 cm³/mol. The Morgan fingerprint density at radius 2 is 1.60 bits per heavy atom. The number of aryl methyl sites for hydroxylation is 1. The van der Waals surface area contributed by atoms with Gasteiger partial charge in [0.2, 0.25) is 5.91 Å². The van der Waals surface area contributed by atoms with Gasteiger partial charge >= 0.3 is 0 Å². The number of hydrogen-bond acceptors (Lipinski definition) is 11. The molecule has 0 bridgehead atoms. The standard InChI is InChI=1S/C45H53FN10O4/c1-28-8-11-38(43(58)49-28)55-27-31-22-39(37(46)24-35(31)44(55)59)54-20-16-52(17-21-54)13-12-51-14-18-53(19-15-51)34-10-9-32(47-25-34)23-40-48-26-36-29(2)41(30(3)57)45(60)56(42(36)50-40)33-6-4-5-7-33/h9-10,22,24-26,33,38H,1,4-8,11-21,23,27H2,2-3H3,(H,49,58). The quantitative estimate of drug-likeness (QED) is 0.230. The molecule has 1 unspecified atom stereocenters. The van der Waals surface area contributed by atoms with Crippen molar-refractivity contribution in [3.8, 4) is 0 Å². The molecule has 4 aromatic rings. The molecule has 5 aliphatic rings. The van der Waals surface area contributed by atoms with Crippen molar-refractivity contribution in [2.45, 2.75) is 77.4 Å². The minimum absolute atomic E-state index is 0.0366. The van der Waals surface area contributed by atoms with Crippen LogP contribution in [0.3, 0.4) is 0 Å². The number of nitrogens with zero attached hydrogens (tertiary/aromatic N) is 9. The van der Waals surface area contributed by atoms with E-state index >= 15 is 4.39 Å². The summed E-state index contributed by atoms with van der Waals surface area (Å²) < 4.78 is 17.2. The van der Waals surface area contributed by atoms with Gasteiger partial charge in [0.25, 0.3) is 11.5 Å². The monoisotopic (exact) mass is 816 g/mol. The van der Waals surface area contributed by atoms with Gasteiger partial charge in [0.05, 0.1) is 29.6 Å². The van der Waals surface area contributed by atoms with Crippen molar-refractivity contribution in [1.82, 2.24) is 39.5 Å². The number of pyridine rings is 2. The molecule has 7 heterocycles. The molecule has 1 aliphatic carbocycles. The van der Waals surface area contributed by atoms with Gasteiger partial charge in [-0.2, -0.15) is 0 Å². The van der Waals surface area contributed by atoms with Crippen LogP contribution in [-0.2, 0) is 17.8 Å². The molecule has 0 radical (unpaired) electrons. The lowest BCUT2D eigenvalue weighted by Crippen LogP contribution is -2.51. The number of carbonyl (C=O) groups excluding carboxylic acids is 3. The molecule has 1 aromatic carbocycles. The number of benzene rings is 1. The van der Waals surface area contributed by atoms with E-state index in [2.05, 4.69) is 42.5 Å². The number of piperidine rings is 1. The van der Waals surface area contributed by atoms with E-state index in [0.717, 1.165) is 100 Å². The summed E-state index contributed by atoms with van der Waals surface area (Å²) in [4.78, 5) is 77.1. The van der Waals surface area contributed by atoms with Crippen LogP contribution in [-0.4, -0.2) is 123 Å². The third-order valence-corrected chi connectivity index (χ3v) is 13.3. The summed E-state index contributed by atoms with van der Waals surface area (Å²) >= 11 is 0. The van der Waals surface area contributed by atoms with E-state index in [0.29, 0.717) is 72.9 Å².